The SMILES string of the molecule is Cc1ccc(Cl)c(OCC(=O)Nc2cccc(-c3nc4cccnc4s3)c2)c1. The number of ether oxygens (including phenoxy) is 1. The summed E-state index contributed by atoms with van der Waals surface area (Å²) >= 11 is 7.61. The molecule has 140 valence electrons. The Balaban J connectivity index is 1.45. The molecule has 0 radical (unpaired) electrons. The van der Waals surface area contributed by atoms with Gasteiger partial charge in [0.2, 0.25) is 0 Å². The minimum absolute atomic E-state index is 0.127. The lowest BCUT2D eigenvalue weighted by atomic mass is 10.2. The Bertz CT molecular complexity index is 1130. The molecule has 0 aliphatic rings. The number of pyridine rings is 1. The Morgan fingerprint density at radius 3 is 2.93 bits per heavy atom. The van der Waals surface area contributed by atoms with E-state index >= 15 is 0 Å². The highest BCUT2D eigenvalue weighted by Crippen LogP contribution is 2.30. The van der Waals surface area contributed by atoms with Gasteiger partial charge in [-0.05, 0) is 48.9 Å². The molecule has 4 rings (SSSR count). The number of anilines is 1. The van der Waals surface area contributed by atoms with Gasteiger partial charge in [0.15, 0.2) is 6.61 Å². The fourth-order valence-corrected chi connectivity index (χ4v) is 3.76. The average molecular weight is 410 g/mol. The molecule has 28 heavy (non-hydrogen) atoms. The Labute approximate surface area is 171 Å². The molecule has 0 atom stereocenters. The monoisotopic (exact) mass is 409 g/mol. The number of carbonyl (C=O) groups is 1. The molecule has 1 amide bonds. The number of hydrogen-bond donors (Lipinski definition) is 1. The van der Waals surface area contributed by atoms with Gasteiger partial charge in [0, 0.05) is 17.4 Å². The molecule has 0 bridgehead atoms. The van der Waals surface area contributed by atoms with Gasteiger partial charge in [-0.2, -0.15) is 0 Å². The molecule has 2 heterocycles. The Morgan fingerprint density at radius 1 is 1.18 bits per heavy atom. The van der Waals surface area contributed by atoms with Crippen molar-refractivity contribution in [3.05, 3.63) is 71.4 Å². The van der Waals surface area contributed by atoms with E-state index in [4.69, 9.17) is 16.3 Å². The number of amides is 1. The average Bonchev–Trinajstić information content (AvgIpc) is 3.13. The number of benzene rings is 2. The second-order valence-electron chi connectivity index (χ2n) is 6.20. The summed E-state index contributed by atoms with van der Waals surface area (Å²) < 4.78 is 5.54. The van der Waals surface area contributed by atoms with Crippen molar-refractivity contribution in [3.8, 4) is 16.3 Å². The van der Waals surface area contributed by atoms with E-state index in [1.165, 1.54) is 11.3 Å². The Hall–Kier alpha value is -2.96. The van der Waals surface area contributed by atoms with E-state index in [1.54, 1.807) is 18.3 Å². The topological polar surface area (TPSA) is 64.1 Å². The highest BCUT2D eigenvalue weighted by molar-refractivity contribution is 7.21. The fourth-order valence-electron chi connectivity index (χ4n) is 2.68. The summed E-state index contributed by atoms with van der Waals surface area (Å²) in [5, 5.41) is 4.18. The molecule has 2 aromatic heterocycles. The van der Waals surface area contributed by atoms with Crippen molar-refractivity contribution in [3.63, 3.8) is 0 Å². The van der Waals surface area contributed by atoms with Crippen LogP contribution in [0.3, 0.4) is 0 Å². The zero-order valence-electron chi connectivity index (χ0n) is 15.0. The number of aryl methyl sites for hydroxylation is 1. The predicted octanol–water partition coefficient (Wildman–Crippen LogP) is 5.34. The maximum absolute atomic E-state index is 12.3. The minimum Gasteiger partial charge on any atom is -0.482 e. The van der Waals surface area contributed by atoms with Crippen LogP contribution >= 0.6 is 22.9 Å². The largest absolute Gasteiger partial charge is 0.482 e. The van der Waals surface area contributed by atoms with Crippen molar-refractivity contribution in [1.29, 1.82) is 0 Å². The molecule has 7 heteroatoms. The summed E-state index contributed by atoms with van der Waals surface area (Å²) in [5.74, 6) is 0.230. The molecule has 0 unspecified atom stereocenters. The van der Waals surface area contributed by atoms with Crippen molar-refractivity contribution in [2.24, 2.45) is 0 Å². The first-order chi connectivity index (χ1) is 13.6. The summed E-state index contributed by atoms with van der Waals surface area (Å²) in [4.78, 5) is 22.1. The van der Waals surface area contributed by atoms with Crippen LogP contribution in [0, 0.1) is 6.92 Å². The lowest BCUT2D eigenvalue weighted by Crippen LogP contribution is -2.20. The molecule has 1 N–H and O–H groups in total. The molecule has 5 nitrogen and oxygen atoms in total. The van der Waals surface area contributed by atoms with Gasteiger partial charge in [-0.15, -0.1) is 0 Å². The van der Waals surface area contributed by atoms with Crippen molar-refractivity contribution in [1.82, 2.24) is 9.97 Å². The predicted molar refractivity (Wildman–Crippen MR) is 113 cm³/mol. The van der Waals surface area contributed by atoms with Crippen LogP contribution in [-0.4, -0.2) is 22.5 Å². The number of thiazole rings is 1. The summed E-state index contributed by atoms with van der Waals surface area (Å²) in [6, 6.07) is 16.8. The standard InChI is InChI=1S/C21H16ClN3O2S/c1-13-7-8-16(22)18(10-13)27-12-19(26)24-15-5-2-4-14(11-15)20-25-17-6-3-9-23-21(17)28-20/h2-11H,12H2,1H3,(H,24,26). The summed E-state index contributed by atoms with van der Waals surface area (Å²) in [6.07, 6.45) is 1.75. The third-order valence-electron chi connectivity index (χ3n) is 4.01. The summed E-state index contributed by atoms with van der Waals surface area (Å²) in [5.41, 5.74) is 3.47. The molecule has 0 aliphatic carbocycles. The van der Waals surface area contributed by atoms with Crippen molar-refractivity contribution in [2.75, 3.05) is 11.9 Å². The Morgan fingerprint density at radius 2 is 2.07 bits per heavy atom. The van der Waals surface area contributed by atoms with Crippen molar-refractivity contribution >= 4 is 44.9 Å². The molecule has 0 saturated heterocycles. The van der Waals surface area contributed by atoms with Gasteiger partial charge in [0.1, 0.15) is 21.1 Å². The van der Waals surface area contributed by atoms with Gasteiger partial charge in [-0.1, -0.05) is 41.1 Å². The summed E-state index contributed by atoms with van der Waals surface area (Å²) in [6.45, 7) is 1.81. The third-order valence-corrected chi connectivity index (χ3v) is 5.35. The van der Waals surface area contributed by atoms with E-state index in [1.807, 2.05) is 49.4 Å². The first kappa shape index (κ1) is 18.4. The molecule has 0 aliphatic heterocycles. The molecule has 0 spiro atoms. The minimum atomic E-state index is -0.263. The van der Waals surface area contributed by atoms with E-state index < -0.39 is 0 Å². The number of nitrogens with zero attached hydrogens (tertiary/aromatic N) is 2. The van der Waals surface area contributed by atoms with E-state index in [0.29, 0.717) is 16.5 Å². The molecule has 4 aromatic rings. The van der Waals surface area contributed by atoms with Crippen LogP contribution < -0.4 is 10.1 Å². The Kier molecular flexibility index (Phi) is 5.23. The van der Waals surface area contributed by atoms with E-state index in [2.05, 4.69) is 15.3 Å². The highest BCUT2D eigenvalue weighted by atomic mass is 35.5. The van der Waals surface area contributed by atoms with Crippen LogP contribution in [0.25, 0.3) is 20.9 Å². The lowest BCUT2D eigenvalue weighted by molar-refractivity contribution is -0.118. The van der Waals surface area contributed by atoms with Crippen LogP contribution in [0.15, 0.2) is 60.8 Å². The van der Waals surface area contributed by atoms with Gasteiger partial charge >= 0.3 is 0 Å². The molecule has 0 fully saturated rings. The number of carbonyl (C=O) groups excluding carboxylic acids is 1. The van der Waals surface area contributed by atoms with Crippen LogP contribution in [0.5, 0.6) is 5.75 Å². The number of rotatable bonds is 5. The van der Waals surface area contributed by atoms with Gasteiger partial charge < -0.3 is 10.1 Å². The lowest BCUT2D eigenvalue weighted by Gasteiger charge is -2.10. The maximum Gasteiger partial charge on any atom is 0.262 e. The highest BCUT2D eigenvalue weighted by Gasteiger charge is 2.10. The van der Waals surface area contributed by atoms with Gasteiger partial charge in [-0.3, -0.25) is 4.79 Å². The van der Waals surface area contributed by atoms with Crippen LogP contribution in [0.1, 0.15) is 5.56 Å². The van der Waals surface area contributed by atoms with Crippen LogP contribution in [0.2, 0.25) is 5.02 Å². The van der Waals surface area contributed by atoms with E-state index in [-0.39, 0.29) is 12.5 Å². The molecule has 0 saturated carbocycles. The normalized spacial score (nSPS) is 10.8. The van der Waals surface area contributed by atoms with Crippen molar-refractivity contribution in [2.45, 2.75) is 6.92 Å². The fraction of sp³-hybridized carbons (Fsp3) is 0.0952. The second kappa shape index (κ2) is 7.96. The van der Waals surface area contributed by atoms with Gasteiger partial charge in [0.05, 0.1) is 5.02 Å². The number of halogens is 1. The van der Waals surface area contributed by atoms with Gasteiger partial charge in [0.25, 0.3) is 5.91 Å². The van der Waals surface area contributed by atoms with Crippen molar-refractivity contribution < 1.29 is 9.53 Å². The zero-order chi connectivity index (χ0) is 19.5. The quantitative estimate of drug-likeness (QED) is 0.483. The van der Waals surface area contributed by atoms with Crippen LogP contribution in [0.4, 0.5) is 5.69 Å². The summed E-state index contributed by atoms with van der Waals surface area (Å²) in [7, 11) is 0. The number of hydrogen-bond acceptors (Lipinski definition) is 5. The van der Waals surface area contributed by atoms with Crippen LogP contribution in [-0.2, 0) is 4.79 Å². The molecular weight excluding hydrogens is 394 g/mol. The number of fused-ring (bicyclic) bond motifs is 1. The van der Waals surface area contributed by atoms with E-state index in [0.717, 1.165) is 26.5 Å². The van der Waals surface area contributed by atoms with Gasteiger partial charge in [-0.25, -0.2) is 9.97 Å². The molecule has 2 aromatic carbocycles. The van der Waals surface area contributed by atoms with E-state index in [9.17, 15) is 4.79 Å². The third kappa shape index (κ3) is 4.13. The smallest absolute Gasteiger partial charge is 0.262 e. The number of nitrogens with one attached hydrogen (secondary N) is 1. The maximum atomic E-state index is 12.3. The second-order valence-corrected chi connectivity index (χ2v) is 7.58. The zero-order valence-corrected chi connectivity index (χ0v) is 16.6. The first-order valence-electron chi connectivity index (χ1n) is 8.59. The first-order valence-corrected chi connectivity index (χ1v) is 9.79. The molecular formula is C21H16ClN3O2S. The number of aromatic nitrogens is 2.